The minimum atomic E-state index is -0.943. The molecule has 1 unspecified atom stereocenters. The number of rotatable bonds is 9. The first kappa shape index (κ1) is 25.6. The van der Waals surface area contributed by atoms with Gasteiger partial charge in [-0.05, 0) is 36.2 Å². The summed E-state index contributed by atoms with van der Waals surface area (Å²) in [7, 11) is 0. The zero-order chi connectivity index (χ0) is 25.4. The van der Waals surface area contributed by atoms with Crippen LogP contribution in [0.5, 0.6) is 0 Å². The quantitative estimate of drug-likeness (QED) is 0.338. The van der Waals surface area contributed by atoms with Crippen LogP contribution in [0.1, 0.15) is 40.1 Å². The first-order valence-electron chi connectivity index (χ1n) is 11.0. The molecule has 3 aromatic rings. The highest BCUT2D eigenvalue weighted by molar-refractivity contribution is 6.31. The van der Waals surface area contributed by atoms with Crippen LogP contribution in [0.4, 0.5) is 5.69 Å². The average molecular weight is 493 g/mol. The molecular formula is C27H25ClN2O5. The molecule has 0 aromatic heterocycles. The second-order valence-corrected chi connectivity index (χ2v) is 8.54. The Balaban J connectivity index is 1.65. The number of carbonyl (C=O) groups excluding carboxylic acids is 4. The monoisotopic (exact) mass is 492 g/mol. The van der Waals surface area contributed by atoms with E-state index in [1.807, 2.05) is 0 Å². The van der Waals surface area contributed by atoms with E-state index < -0.39 is 30.4 Å². The molecule has 8 heteroatoms. The molecule has 2 N–H and O–H groups in total. The van der Waals surface area contributed by atoms with Crippen LogP contribution in [0, 0.1) is 5.92 Å². The number of hydrogen-bond donors (Lipinski definition) is 2. The third-order valence-electron chi connectivity index (χ3n) is 5.13. The summed E-state index contributed by atoms with van der Waals surface area (Å²) in [5, 5.41) is 5.58. The van der Waals surface area contributed by atoms with Crippen molar-refractivity contribution in [1.82, 2.24) is 5.32 Å². The molecule has 35 heavy (non-hydrogen) atoms. The van der Waals surface area contributed by atoms with E-state index in [-0.39, 0.29) is 23.0 Å². The topological polar surface area (TPSA) is 102 Å². The predicted octanol–water partition coefficient (Wildman–Crippen LogP) is 4.51. The first-order chi connectivity index (χ1) is 16.8. The lowest BCUT2D eigenvalue weighted by molar-refractivity contribution is -0.150. The minimum Gasteiger partial charge on any atom is -0.454 e. The van der Waals surface area contributed by atoms with Crippen molar-refractivity contribution in [1.29, 1.82) is 0 Å². The summed E-state index contributed by atoms with van der Waals surface area (Å²) in [5.74, 6) is -2.39. The van der Waals surface area contributed by atoms with Gasteiger partial charge in [-0.3, -0.25) is 14.4 Å². The molecule has 0 bridgehead atoms. The Bertz CT molecular complexity index is 1210. The second kappa shape index (κ2) is 11.9. The van der Waals surface area contributed by atoms with E-state index in [2.05, 4.69) is 10.6 Å². The Morgan fingerprint density at radius 2 is 1.46 bits per heavy atom. The number of ether oxygens (including phenoxy) is 1. The van der Waals surface area contributed by atoms with Crippen LogP contribution in [-0.2, 0) is 14.3 Å². The smallest absolute Gasteiger partial charge is 0.329 e. The molecule has 0 aliphatic rings. The first-order valence-corrected chi connectivity index (χ1v) is 11.4. The largest absolute Gasteiger partial charge is 0.454 e. The molecule has 0 fully saturated rings. The van der Waals surface area contributed by atoms with E-state index in [4.69, 9.17) is 16.3 Å². The van der Waals surface area contributed by atoms with E-state index in [0.717, 1.165) is 0 Å². The van der Waals surface area contributed by atoms with Gasteiger partial charge in [-0.2, -0.15) is 0 Å². The van der Waals surface area contributed by atoms with Gasteiger partial charge < -0.3 is 15.4 Å². The minimum absolute atomic E-state index is 0.207. The number of nitrogens with one attached hydrogen (secondary N) is 2. The number of anilines is 1. The van der Waals surface area contributed by atoms with Gasteiger partial charge in [0, 0.05) is 21.7 Å². The van der Waals surface area contributed by atoms with Crippen molar-refractivity contribution in [2.75, 3.05) is 11.9 Å². The number of hydrogen-bond acceptors (Lipinski definition) is 5. The Morgan fingerprint density at radius 3 is 2.06 bits per heavy atom. The predicted molar refractivity (Wildman–Crippen MR) is 133 cm³/mol. The van der Waals surface area contributed by atoms with Crippen LogP contribution in [0.2, 0.25) is 5.02 Å². The maximum atomic E-state index is 12.9. The zero-order valence-corrected chi connectivity index (χ0v) is 20.0. The van der Waals surface area contributed by atoms with Gasteiger partial charge in [0.25, 0.3) is 11.8 Å². The maximum absolute atomic E-state index is 12.9. The third kappa shape index (κ3) is 7.01. The fourth-order valence-electron chi connectivity index (χ4n) is 3.28. The second-order valence-electron chi connectivity index (χ2n) is 8.10. The van der Waals surface area contributed by atoms with E-state index in [0.29, 0.717) is 16.1 Å². The molecule has 180 valence electrons. The standard InChI is InChI=1S/C27H25ClN2O5/c1-17(2)24(30-26(33)19-11-7-4-8-12-19)27(34)35-16-23(31)29-22-14-13-20(28)15-21(22)25(32)18-9-5-3-6-10-18/h3-15,17,24H,16H2,1-2H3,(H,29,31)(H,30,33). The molecule has 2 amide bonds. The van der Waals surface area contributed by atoms with Crippen LogP contribution in [0.15, 0.2) is 78.9 Å². The molecule has 0 saturated heterocycles. The van der Waals surface area contributed by atoms with Crippen molar-refractivity contribution in [3.05, 3.63) is 101 Å². The van der Waals surface area contributed by atoms with Crippen molar-refractivity contribution >= 4 is 40.9 Å². The molecule has 3 aromatic carbocycles. The summed E-state index contributed by atoms with van der Waals surface area (Å²) >= 11 is 6.07. The van der Waals surface area contributed by atoms with Crippen molar-refractivity contribution in [3.63, 3.8) is 0 Å². The van der Waals surface area contributed by atoms with Crippen LogP contribution < -0.4 is 10.6 Å². The Kier molecular flexibility index (Phi) is 8.75. The summed E-state index contributed by atoms with van der Waals surface area (Å²) < 4.78 is 5.17. The third-order valence-corrected chi connectivity index (χ3v) is 5.36. The molecule has 1 atom stereocenters. The molecule has 3 rings (SSSR count). The Hall–Kier alpha value is -3.97. The normalized spacial score (nSPS) is 11.4. The molecule has 0 heterocycles. The number of esters is 1. The lowest BCUT2D eigenvalue weighted by Gasteiger charge is -2.21. The molecule has 7 nitrogen and oxygen atoms in total. The van der Waals surface area contributed by atoms with Gasteiger partial charge in [-0.25, -0.2) is 4.79 Å². The Labute approximate surface area is 208 Å². The molecule has 0 aliphatic heterocycles. The van der Waals surface area contributed by atoms with Crippen LogP contribution in [0.25, 0.3) is 0 Å². The molecule has 0 spiro atoms. The van der Waals surface area contributed by atoms with Crippen LogP contribution >= 0.6 is 11.6 Å². The van der Waals surface area contributed by atoms with Gasteiger partial charge in [0.05, 0.1) is 5.69 Å². The summed E-state index contributed by atoms with van der Waals surface area (Å²) in [6.45, 7) is 2.92. The molecule has 0 radical (unpaired) electrons. The highest BCUT2D eigenvalue weighted by Gasteiger charge is 2.27. The van der Waals surface area contributed by atoms with Gasteiger partial charge in [-0.15, -0.1) is 0 Å². The molecule has 0 aliphatic carbocycles. The van der Waals surface area contributed by atoms with Gasteiger partial charge >= 0.3 is 5.97 Å². The van der Waals surface area contributed by atoms with Crippen molar-refractivity contribution in [2.45, 2.75) is 19.9 Å². The van der Waals surface area contributed by atoms with E-state index in [1.165, 1.54) is 12.1 Å². The number of amides is 2. The van der Waals surface area contributed by atoms with E-state index in [9.17, 15) is 19.2 Å². The number of halogens is 1. The fourth-order valence-corrected chi connectivity index (χ4v) is 3.46. The van der Waals surface area contributed by atoms with E-state index >= 15 is 0 Å². The number of carbonyl (C=O) groups is 4. The fraction of sp³-hybridized carbons (Fsp3) is 0.185. The lowest BCUT2D eigenvalue weighted by Crippen LogP contribution is -2.45. The summed E-state index contributed by atoms with van der Waals surface area (Å²) in [4.78, 5) is 50.5. The Morgan fingerprint density at radius 1 is 0.857 bits per heavy atom. The van der Waals surface area contributed by atoms with E-state index in [1.54, 1.807) is 80.6 Å². The maximum Gasteiger partial charge on any atom is 0.329 e. The lowest BCUT2D eigenvalue weighted by atomic mass is 10.0. The molecule has 0 saturated carbocycles. The van der Waals surface area contributed by atoms with Crippen molar-refractivity contribution in [3.8, 4) is 0 Å². The van der Waals surface area contributed by atoms with Crippen molar-refractivity contribution in [2.24, 2.45) is 5.92 Å². The van der Waals surface area contributed by atoms with Crippen LogP contribution in [0.3, 0.4) is 0 Å². The summed E-state index contributed by atoms with van der Waals surface area (Å²) in [5.41, 5.74) is 1.29. The summed E-state index contributed by atoms with van der Waals surface area (Å²) in [6.07, 6.45) is 0. The highest BCUT2D eigenvalue weighted by Crippen LogP contribution is 2.24. The molecular weight excluding hydrogens is 468 g/mol. The number of ketones is 1. The van der Waals surface area contributed by atoms with Gasteiger partial charge in [0.1, 0.15) is 6.04 Å². The van der Waals surface area contributed by atoms with Crippen LogP contribution in [-0.4, -0.2) is 36.2 Å². The number of benzene rings is 3. The average Bonchev–Trinajstić information content (AvgIpc) is 2.87. The summed E-state index contributed by atoms with van der Waals surface area (Å²) in [6, 6.07) is 20.6. The zero-order valence-electron chi connectivity index (χ0n) is 19.3. The SMILES string of the molecule is CC(C)C(NC(=O)c1ccccc1)C(=O)OCC(=O)Nc1ccc(Cl)cc1C(=O)c1ccccc1. The van der Waals surface area contributed by atoms with Gasteiger partial charge in [0.2, 0.25) is 0 Å². The van der Waals surface area contributed by atoms with Gasteiger partial charge in [-0.1, -0.05) is 74.0 Å². The van der Waals surface area contributed by atoms with Gasteiger partial charge in [0.15, 0.2) is 12.4 Å². The highest BCUT2D eigenvalue weighted by atomic mass is 35.5. The van der Waals surface area contributed by atoms with Crippen molar-refractivity contribution < 1.29 is 23.9 Å².